The van der Waals surface area contributed by atoms with Crippen LogP contribution in [0.3, 0.4) is 0 Å². The summed E-state index contributed by atoms with van der Waals surface area (Å²) < 4.78 is 5.65. The maximum Gasteiger partial charge on any atom is 0.335 e. The highest BCUT2D eigenvalue weighted by Crippen LogP contribution is 2.26. The van der Waals surface area contributed by atoms with E-state index >= 15 is 0 Å². The third-order valence-electron chi connectivity index (χ3n) is 3.21. The molecule has 0 bridgehead atoms. The van der Waals surface area contributed by atoms with Gasteiger partial charge in [0.05, 0.1) is 5.56 Å². The van der Waals surface area contributed by atoms with Crippen LogP contribution in [0.2, 0.25) is 0 Å². The predicted octanol–water partition coefficient (Wildman–Crippen LogP) is 4.04. The molecule has 5 nitrogen and oxygen atoms in total. The lowest BCUT2D eigenvalue weighted by Gasteiger charge is -2.00. The number of carboxylic acids is 1. The lowest BCUT2D eigenvalue weighted by molar-refractivity contribution is 0.0697. The second-order valence-electron chi connectivity index (χ2n) is 5.04. The minimum Gasteiger partial charge on any atom is -0.478 e. The molecule has 0 aliphatic carbocycles. The van der Waals surface area contributed by atoms with Crippen LogP contribution in [0.15, 0.2) is 58.2 Å². The van der Waals surface area contributed by atoms with Crippen molar-refractivity contribution in [1.82, 2.24) is 10.2 Å². The maximum absolute atomic E-state index is 11.0. The molecular weight excluding hydrogens is 312 g/mol. The van der Waals surface area contributed by atoms with E-state index in [0.717, 1.165) is 16.7 Å². The fourth-order valence-electron chi connectivity index (χ4n) is 2.10. The molecule has 2 aromatic carbocycles. The average molecular weight is 326 g/mol. The summed E-state index contributed by atoms with van der Waals surface area (Å²) in [5.74, 6) is 0.114. The summed E-state index contributed by atoms with van der Waals surface area (Å²) in [6.45, 7) is 2.00. The molecule has 0 radical (unpaired) electrons. The Morgan fingerprint density at radius 2 is 2.00 bits per heavy atom. The number of benzene rings is 2. The molecule has 23 heavy (non-hydrogen) atoms. The van der Waals surface area contributed by atoms with Crippen molar-refractivity contribution in [3.05, 3.63) is 65.2 Å². The molecule has 0 amide bonds. The minimum atomic E-state index is -0.934. The quantitative estimate of drug-likeness (QED) is 0.713. The van der Waals surface area contributed by atoms with E-state index in [9.17, 15) is 4.79 Å². The van der Waals surface area contributed by atoms with Crippen LogP contribution in [0.1, 0.15) is 21.5 Å². The second kappa shape index (κ2) is 6.66. The number of thioether (sulfide) groups is 1. The Morgan fingerprint density at radius 3 is 2.78 bits per heavy atom. The Kier molecular flexibility index (Phi) is 4.43. The highest BCUT2D eigenvalue weighted by Gasteiger charge is 2.10. The van der Waals surface area contributed by atoms with Crippen molar-refractivity contribution in [1.29, 1.82) is 0 Å². The van der Waals surface area contributed by atoms with Crippen molar-refractivity contribution in [3.8, 4) is 11.5 Å². The first-order valence-corrected chi connectivity index (χ1v) is 7.96. The molecule has 0 spiro atoms. The van der Waals surface area contributed by atoms with Crippen LogP contribution in [-0.4, -0.2) is 21.3 Å². The molecule has 0 saturated carbocycles. The standard InChI is InChI=1S/C17H14N2O3S/c1-11-4-2-6-13(8-11)15-18-19-17(22-15)23-10-12-5-3-7-14(9-12)16(20)21/h2-9H,10H2,1H3,(H,20,21). The van der Waals surface area contributed by atoms with Gasteiger partial charge >= 0.3 is 5.97 Å². The summed E-state index contributed by atoms with van der Waals surface area (Å²) in [7, 11) is 0. The summed E-state index contributed by atoms with van der Waals surface area (Å²) >= 11 is 1.38. The van der Waals surface area contributed by atoms with Crippen LogP contribution in [0.25, 0.3) is 11.5 Å². The third-order valence-corrected chi connectivity index (χ3v) is 4.10. The monoisotopic (exact) mass is 326 g/mol. The van der Waals surface area contributed by atoms with E-state index in [0.29, 0.717) is 16.9 Å². The number of aromatic carboxylic acids is 1. The normalized spacial score (nSPS) is 10.7. The van der Waals surface area contributed by atoms with Gasteiger partial charge in [-0.25, -0.2) is 4.79 Å². The fourth-order valence-corrected chi connectivity index (χ4v) is 2.81. The zero-order valence-electron chi connectivity index (χ0n) is 12.4. The largest absolute Gasteiger partial charge is 0.478 e. The maximum atomic E-state index is 11.0. The van der Waals surface area contributed by atoms with Crippen molar-refractivity contribution in [2.45, 2.75) is 17.9 Å². The first-order valence-electron chi connectivity index (χ1n) is 6.97. The number of nitrogens with zero attached hydrogens (tertiary/aromatic N) is 2. The Labute approximate surface area is 137 Å². The van der Waals surface area contributed by atoms with Crippen LogP contribution in [0, 0.1) is 6.92 Å². The summed E-state index contributed by atoms with van der Waals surface area (Å²) in [5.41, 5.74) is 3.18. The van der Waals surface area contributed by atoms with Crippen molar-refractivity contribution >= 4 is 17.7 Å². The molecule has 1 N–H and O–H groups in total. The van der Waals surface area contributed by atoms with Gasteiger partial charge in [-0.1, -0.05) is 41.6 Å². The summed E-state index contributed by atoms with van der Waals surface area (Å²) in [5, 5.41) is 17.5. The minimum absolute atomic E-state index is 0.272. The van der Waals surface area contributed by atoms with E-state index in [1.807, 2.05) is 37.3 Å². The zero-order valence-corrected chi connectivity index (χ0v) is 13.2. The van der Waals surface area contributed by atoms with Gasteiger partial charge in [-0.3, -0.25) is 0 Å². The van der Waals surface area contributed by atoms with Crippen molar-refractivity contribution < 1.29 is 14.3 Å². The highest BCUT2D eigenvalue weighted by atomic mass is 32.2. The number of carbonyl (C=O) groups is 1. The number of rotatable bonds is 5. The molecule has 0 atom stereocenters. The van der Waals surface area contributed by atoms with Gasteiger partial charge < -0.3 is 9.52 Å². The molecule has 0 fully saturated rings. The van der Waals surface area contributed by atoms with E-state index in [1.165, 1.54) is 11.8 Å². The number of aryl methyl sites for hydroxylation is 1. The molecule has 1 aromatic heterocycles. The Morgan fingerprint density at radius 1 is 1.17 bits per heavy atom. The Balaban J connectivity index is 1.70. The van der Waals surface area contributed by atoms with Gasteiger partial charge in [-0.05, 0) is 36.8 Å². The number of carboxylic acid groups (broad SMARTS) is 1. The van der Waals surface area contributed by atoms with Crippen LogP contribution in [0.5, 0.6) is 0 Å². The SMILES string of the molecule is Cc1cccc(-c2nnc(SCc3cccc(C(=O)O)c3)o2)c1. The molecule has 0 saturated heterocycles. The molecule has 6 heteroatoms. The predicted molar refractivity (Wildman–Crippen MR) is 87.4 cm³/mol. The Hall–Kier alpha value is -2.60. The first-order chi connectivity index (χ1) is 11.1. The summed E-state index contributed by atoms with van der Waals surface area (Å²) in [4.78, 5) is 11.0. The first kappa shape index (κ1) is 15.3. The summed E-state index contributed by atoms with van der Waals surface area (Å²) in [6, 6.07) is 14.7. The number of hydrogen-bond donors (Lipinski definition) is 1. The lowest BCUT2D eigenvalue weighted by atomic mass is 10.1. The van der Waals surface area contributed by atoms with Crippen molar-refractivity contribution in [3.63, 3.8) is 0 Å². The van der Waals surface area contributed by atoms with Crippen molar-refractivity contribution in [2.24, 2.45) is 0 Å². The van der Waals surface area contributed by atoms with Crippen molar-refractivity contribution in [2.75, 3.05) is 0 Å². The summed E-state index contributed by atoms with van der Waals surface area (Å²) in [6.07, 6.45) is 0. The highest BCUT2D eigenvalue weighted by molar-refractivity contribution is 7.98. The van der Waals surface area contributed by atoms with Crippen LogP contribution in [0.4, 0.5) is 0 Å². The smallest absolute Gasteiger partial charge is 0.335 e. The lowest BCUT2D eigenvalue weighted by Crippen LogP contribution is -1.96. The van der Waals surface area contributed by atoms with Gasteiger partial charge in [-0.2, -0.15) is 0 Å². The van der Waals surface area contributed by atoms with E-state index < -0.39 is 5.97 Å². The molecule has 3 aromatic rings. The van der Waals surface area contributed by atoms with Gasteiger partial charge in [0.25, 0.3) is 5.22 Å². The van der Waals surface area contributed by atoms with Gasteiger partial charge in [-0.15, -0.1) is 10.2 Å². The second-order valence-corrected chi connectivity index (χ2v) is 5.96. The molecule has 0 aliphatic heterocycles. The van der Waals surface area contributed by atoms with E-state index in [-0.39, 0.29) is 5.56 Å². The van der Waals surface area contributed by atoms with E-state index in [2.05, 4.69) is 10.2 Å². The molecule has 1 heterocycles. The average Bonchev–Trinajstić information content (AvgIpc) is 3.02. The van der Waals surface area contributed by atoms with Gasteiger partial charge in [0.15, 0.2) is 0 Å². The number of hydrogen-bond acceptors (Lipinski definition) is 5. The fraction of sp³-hybridized carbons (Fsp3) is 0.118. The van der Waals surface area contributed by atoms with Gasteiger partial charge in [0, 0.05) is 11.3 Å². The van der Waals surface area contributed by atoms with Crippen LogP contribution in [-0.2, 0) is 5.75 Å². The third kappa shape index (κ3) is 3.78. The molecule has 0 unspecified atom stereocenters. The molecular formula is C17H14N2O3S. The van der Waals surface area contributed by atoms with Gasteiger partial charge in [0.1, 0.15) is 0 Å². The topological polar surface area (TPSA) is 76.2 Å². The Bertz CT molecular complexity index is 845. The van der Waals surface area contributed by atoms with E-state index in [4.69, 9.17) is 9.52 Å². The zero-order chi connectivity index (χ0) is 16.2. The van der Waals surface area contributed by atoms with Crippen LogP contribution < -0.4 is 0 Å². The molecule has 0 aliphatic rings. The van der Waals surface area contributed by atoms with Gasteiger partial charge in [0.2, 0.25) is 5.89 Å². The molecule has 3 rings (SSSR count). The van der Waals surface area contributed by atoms with Crippen LogP contribution >= 0.6 is 11.8 Å². The number of aromatic nitrogens is 2. The van der Waals surface area contributed by atoms with E-state index in [1.54, 1.807) is 18.2 Å². The molecule has 116 valence electrons.